The Morgan fingerprint density at radius 3 is 2.52 bits per heavy atom. The molecule has 7 rings (SSSR count). The number of anilines is 1. The molecule has 9 nitrogen and oxygen atoms in total. The number of pyridine rings is 1. The molecule has 1 fully saturated rings. The summed E-state index contributed by atoms with van der Waals surface area (Å²) in [5.74, 6) is -0.0821. The molecule has 11 heteroatoms. The number of urea groups is 1. The summed E-state index contributed by atoms with van der Waals surface area (Å²) in [5.41, 5.74) is 6.17. The third kappa shape index (κ3) is 7.78. The maximum Gasteiger partial charge on any atom is 0.322 e. The van der Waals surface area contributed by atoms with Crippen molar-refractivity contribution in [1.29, 1.82) is 0 Å². The van der Waals surface area contributed by atoms with Crippen LogP contribution < -0.4 is 5.32 Å². The van der Waals surface area contributed by atoms with E-state index in [1.807, 2.05) is 88.6 Å². The van der Waals surface area contributed by atoms with Crippen LogP contribution in [0.3, 0.4) is 0 Å². The average molecular weight is 753 g/mol. The van der Waals surface area contributed by atoms with Crippen LogP contribution in [0.25, 0.3) is 0 Å². The number of rotatable bonds is 9. The fraction of sp³-hybridized carbons (Fsp3) is 0.282. The molecule has 2 aliphatic rings. The van der Waals surface area contributed by atoms with Gasteiger partial charge in [-0.1, -0.05) is 66.2 Å². The molecule has 0 saturated carbocycles. The smallest absolute Gasteiger partial charge is 0.322 e. The molecule has 2 atom stereocenters. The van der Waals surface area contributed by atoms with E-state index in [-0.39, 0.29) is 18.0 Å². The van der Waals surface area contributed by atoms with Gasteiger partial charge >= 0.3 is 6.03 Å². The lowest BCUT2D eigenvalue weighted by Crippen LogP contribution is -2.62. The number of carbonyl (C=O) groups is 2. The Morgan fingerprint density at radius 2 is 1.74 bits per heavy atom. The van der Waals surface area contributed by atoms with Crippen LogP contribution >= 0.6 is 27.5 Å². The third-order valence-corrected chi connectivity index (χ3v) is 10.2. The van der Waals surface area contributed by atoms with Crippen LogP contribution in [-0.2, 0) is 30.7 Å². The van der Waals surface area contributed by atoms with Crippen molar-refractivity contribution in [1.82, 2.24) is 29.2 Å². The Kier molecular flexibility index (Phi) is 10.6. The van der Waals surface area contributed by atoms with E-state index in [0.717, 1.165) is 52.7 Å². The second kappa shape index (κ2) is 15.6. The largest absolute Gasteiger partial charge is 0.337 e. The second-order valence-electron chi connectivity index (χ2n) is 12.8. The molecule has 0 bridgehead atoms. The van der Waals surface area contributed by atoms with Crippen molar-refractivity contribution in [3.05, 3.63) is 147 Å². The molecule has 1 aliphatic heterocycles. The number of piperazine rings is 1. The minimum Gasteiger partial charge on any atom is -0.337 e. The van der Waals surface area contributed by atoms with Gasteiger partial charge in [0, 0.05) is 73.0 Å². The minimum absolute atomic E-state index is 0.0821. The van der Waals surface area contributed by atoms with Gasteiger partial charge in [0.1, 0.15) is 6.04 Å². The first-order valence-corrected chi connectivity index (χ1v) is 18.2. The van der Waals surface area contributed by atoms with Crippen LogP contribution in [0.15, 0.2) is 114 Å². The number of fused-ring (bicyclic) bond motifs is 2. The molecule has 50 heavy (non-hydrogen) atoms. The zero-order chi connectivity index (χ0) is 34.5. The molecule has 0 radical (unpaired) electrons. The quantitative estimate of drug-likeness (QED) is 0.172. The van der Waals surface area contributed by atoms with Gasteiger partial charge in [0.25, 0.3) is 0 Å². The third-order valence-electron chi connectivity index (χ3n) is 9.57. The normalized spacial score (nSPS) is 17.4. The predicted molar refractivity (Wildman–Crippen MR) is 199 cm³/mol. The van der Waals surface area contributed by atoms with Crippen LogP contribution in [0.1, 0.15) is 40.4 Å². The first-order valence-electron chi connectivity index (χ1n) is 17.0. The van der Waals surface area contributed by atoms with Crippen molar-refractivity contribution < 1.29 is 9.59 Å². The van der Waals surface area contributed by atoms with E-state index in [9.17, 15) is 9.59 Å². The maximum absolute atomic E-state index is 15.0. The molecular formula is C39H39BrClN7O2. The van der Waals surface area contributed by atoms with Gasteiger partial charge < -0.3 is 19.7 Å². The Bertz CT molecular complexity index is 1870. The number of halogens is 2. The van der Waals surface area contributed by atoms with Crippen LogP contribution in [0.5, 0.6) is 0 Å². The van der Waals surface area contributed by atoms with Crippen molar-refractivity contribution in [2.75, 3.05) is 31.5 Å². The Hall–Kier alpha value is -4.51. The highest BCUT2D eigenvalue weighted by molar-refractivity contribution is 9.10. The standard InChI is InChI=1S/C39H39BrClN7O2/c40-31-22-30-13-12-29-23-32(41)14-15-34(29)37(36(30)43-24-31)46-20-21-48(39(50)44-33-10-5-2-6-11-33)35(26-46)38(49)47(25-28-8-3-1-4-9-28)18-7-17-45-19-16-42-27-45/h1-6,8-11,14-16,19,22-24,27,35,37H,7,12-13,17-18,20-21,25-26H2,(H,44,50)/t35-,37+/m1/s1. The molecule has 256 valence electrons. The van der Waals surface area contributed by atoms with Gasteiger partial charge in [-0.05, 0) is 87.8 Å². The topological polar surface area (TPSA) is 86.6 Å². The van der Waals surface area contributed by atoms with Crippen molar-refractivity contribution in [2.24, 2.45) is 0 Å². The molecule has 5 aromatic rings. The number of para-hydroxylation sites is 1. The summed E-state index contributed by atoms with van der Waals surface area (Å²) in [4.78, 5) is 44.1. The van der Waals surface area contributed by atoms with Gasteiger partial charge in [0.05, 0.1) is 18.1 Å². The minimum atomic E-state index is -0.734. The van der Waals surface area contributed by atoms with Crippen molar-refractivity contribution in [2.45, 2.75) is 44.4 Å². The number of aryl methyl sites for hydroxylation is 3. The molecular weight excluding hydrogens is 714 g/mol. The van der Waals surface area contributed by atoms with Gasteiger partial charge in [-0.3, -0.25) is 14.7 Å². The van der Waals surface area contributed by atoms with Crippen LogP contribution in [0.4, 0.5) is 10.5 Å². The molecule has 1 aliphatic carbocycles. The number of amides is 3. The Morgan fingerprint density at radius 1 is 0.960 bits per heavy atom. The predicted octanol–water partition coefficient (Wildman–Crippen LogP) is 7.22. The first kappa shape index (κ1) is 34.0. The molecule has 3 amide bonds. The van der Waals surface area contributed by atoms with E-state index >= 15 is 0 Å². The van der Waals surface area contributed by atoms with Gasteiger partial charge in [0.15, 0.2) is 0 Å². The molecule has 3 aromatic carbocycles. The molecule has 1 N–H and O–H groups in total. The summed E-state index contributed by atoms with van der Waals surface area (Å²) in [6.07, 6.45) is 9.74. The summed E-state index contributed by atoms with van der Waals surface area (Å²) in [5, 5.41) is 3.75. The lowest BCUT2D eigenvalue weighted by Gasteiger charge is -2.45. The Labute approximate surface area is 306 Å². The van der Waals surface area contributed by atoms with E-state index in [2.05, 4.69) is 49.3 Å². The van der Waals surface area contributed by atoms with E-state index in [4.69, 9.17) is 16.6 Å². The van der Waals surface area contributed by atoms with Crippen molar-refractivity contribution in [3.8, 4) is 0 Å². The van der Waals surface area contributed by atoms with Gasteiger partial charge in [-0.15, -0.1) is 0 Å². The van der Waals surface area contributed by atoms with Gasteiger partial charge in [-0.2, -0.15) is 0 Å². The van der Waals surface area contributed by atoms with Crippen LogP contribution in [0.2, 0.25) is 5.02 Å². The Balaban J connectivity index is 1.24. The van der Waals surface area contributed by atoms with Crippen molar-refractivity contribution >= 4 is 45.2 Å². The second-order valence-corrected chi connectivity index (χ2v) is 14.2. The fourth-order valence-corrected chi connectivity index (χ4v) is 7.71. The molecule has 2 aromatic heterocycles. The molecule has 0 spiro atoms. The summed E-state index contributed by atoms with van der Waals surface area (Å²) >= 11 is 10.1. The van der Waals surface area contributed by atoms with E-state index < -0.39 is 6.04 Å². The molecule has 0 unspecified atom stereocenters. The highest BCUT2D eigenvalue weighted by Gasteiger charge is 2.42. The summed E-state index contributed by atoms with van der Waals surface area (Å²) < 4.78 is 2.95. The monoisotopic (exact) mass is 751 g/mol. The highest BCUT2D eigenvalue weighted by Crippen LogP contribution is 2.39. The summed E-state index contributed by atoms with van der Waals surface area (Å²) in [6.45, 7) is 2.98. The summed E-state index contributed by atoms with van der Waals surface area (Å²) in [6, 6.07) is 26.5. The summed E-state index contributed by atoms with van der Waals surface area (Å²) in [7, 11) is 0. The zero-order valence-corrected chi connectivity index (χ0v) is 30.0. The maximum atomic E-state index is 15.0. The van der Waals surface area contributed by atoms with Gasteiger partial charge in [0.2, 0.25) is 5.91 Å². The average Bonchev–Trinajstić information content (AvgIpc) is 3.60. The van der Waals surface area contributed by atoms with Crippen LogP contribution in [-0.4, -0.2) is 73.4 Å². The number of aromatic nitrogens is 3. The number of hydrogen-bond donors (Lipinski definition) is 1. The number of nitrogens with one attached hydrogen (secondary N) is 1. The number of imidazole rings is 1. The van der Waals surface area contributed by atoms with E-state index in [1.54, 1.807) is 17.4 Å². The number of nitrogens with zero attached hydrogens (tertiary/aromatic N) is 6. The van der Waals surface area contributed by atoms with Gasteiger partial charge in [-0.25, -0.2) is 9.78 Å². The van der Waals surface area contributed by atoms with Crippen molar-refractivity contribution in [3.63, 3.8) is 0 Å². The zero-order valence-electron chi connectivity index (χ0n) is 27.7. The molecule has 1 saturated heterocycles. The van der Waals surface area contributed by atoms with Crippen LogP contribution in [0, 0.1) is 0 Å². The fourth-order valence-electron chi connectivity index (χ4n) is 7.14. The first-order chi connectivity index (χ1) is 24.4. The van der Waals surface area contributed by atoms with E-state index in [1.165, 1.54) is 5.56 Å². The van der Waals surface area contributed by atoms with E-state index in [0.29, 0.717) is 43.4 Å². The lowest BCUT2D eigenvalue weighted by molar-refractivity contribution is -0.139. The SMILES string of the molecule is O=C([C@H]1CN([C@H]2c3ccc(Cl)cc3CCc3cc(Br)cnc32)CCN1C(=O)Nc1ccccc1)N(CCCn1ccnc1)Cc1ccccc1. The highest BCUT2D eigenvalue weighted by atomic mass is 79.9. The number of carbonyl (C=O) groups excluding carboxylic acids is 2. The molecule has 3 heterocycles. The number of benzene rings is 3. The lowest BCUT2D eigenvalue weighted by atomic mass is 9.95. The number of hydrogen-bond acceptors (Lipinski definition) is 5.